The maximum atomic E-state index is 12.4. The smallest absolute Gasteiger partial charge is 0.253 e. The molecule has 2 aliphatic heterocycles. The molecule has 1 aromatic carbocycles. The van der Waals surface area contributed by atoms with Crippen LogP contribution in [-0.2, 0) is 11.2 Å². The molecule has 3 rings (SSSR count). The standard InChI is InChI=1S/C15H18N2O2/c1-2-10-5-6-17(9-10)15(19)11-3-4-13-12(7-11)8-14(18)16-13/h3-4,7,10H,2,5-6,8-9H2,1H3,(H,16,18). The Bertz CT molecular complexity index is 539. The van der Waals surface area contributed by atoms with Gasteiger partial charge in [-0.25, -0.2) is 0 Å². The van der Waals surface area contributed by atoms with Gasteiger partial charge in [-0.15, -0.1) is 0 Å². The molecule has 1 N–H and O–H groups in total. The Hall–Kier alpha value is -1.84. The van der Waals surface area contributed by atoms with E-state index in [1.54, 1.807) is 0 Å². The summed E-state index contributed by atoms with van der Waals surface area (Å²) >= 11 is 0. The van der Waals surface area contributed by atoms with Crippen molar-refractivity contribution in [1.82, 2.24) is 4.90 Å². The minimum atomic E-state index is 0.00631. The van der Waals surface area contributed by atoms with Crippen molar-refractivity contribution in [3.05, 3.63) is 29.3 Å². The van der Waals surface area contributed by atoms with Gasteiger partial charge in [0.05, 0.1) is 6.42 Å². The van der Waals surface area contributed by atoms with Gasteiger partial charge in [0.25, 0.3) is 5.91 Å². The van der Waals surface area contributed by atoms with Gasteiger partial charge in [-0.1, -0.05) is 13.3 Å². The second-order valence-electron chi connectivity index (χ2n) is 5.41. The maximum absolute atomic E-state index is 12.4. The van der Waals surface area contributed by atoms with E-state index >= 15 is 0 Å². The summed E-state index contributed by atoms with van der Waals surface area (Å²) < 4.78 is 0. The second-order valence-corrected chi connectivity index (χ2v) is 5.41. The van der Waals surface area contributed by atoms with Crippen LogP contribution in [-0.4, -0.2) is 29.8 Å². The molecule has 0 saturated carbocycles. The highest BCUT2D eigenvalue weighted by atomic mass is 16.2. The van der Waals surface area contributed by atoms with E-state index in [2.05, 4.69) is 12.2 Å². The first kappa shape index (κ1) is 12.2. The minimum absolute atomic E-state index is 0.00631. The number of nitrogens with zero attached hydrogens (tertiary/aromatic N) is 1. The molecule has 0 radical (unpaired) electrons. The van der Waals surface area contributed by atoms with Gasteiger partial charge in [0.2, 0.25) is 5.91 Å². The average molecular weight is 258 g/mol. The van der Waals surface area contributed by atoms with Crippen LogP contribution in [0.25, 0.3) is 0 Å². The van der Waals surface area contributed by atoms with Crippen molar-refractivity contribution in [3.63, 3.8) is 0 Å². The molecule has 0 spiro atoms. The molecule has 0 aromatic heterocycles. The molecule has 1 unspecified atom stereocenters. The number of benzene rings is 1. The van der Waals surface area contributed by atoms with Crippen LogP contribution >= 0.6 is 0 Å². The van der Waals surface area contributed by atoms with E-state index < -0.39 is 0 Å². The zero-order chi connectivity index (χ0) is 13.4. The zero-order valence-electron chi connectivity index (χ0n) is 11.1. The molecule has 0 aliphatic carbocycles. The molecular weight excluding hydrogens is 240 g/mol. The molecule has 1 aromatic rings. The monoisotopic (exact) mass is 258 g/mol. The van der Waals surface area contributed by atoms with Crippen LogP contribution in [0.15, 0.2) is 18.2 Å². The van der Waals surface area contributed by atoms with Crippen molar-refractivity contribution in [3.8, 4) is 0 Å². The van der Waals surface area contributed by atoms with Crippen molar-refractivity contribution in [2.45, 2.75) is 26.2 Å². The molecule has 4 nitrogen and oxygen atoms in total. The Morgan fingerprint density at radius 2 is 2.32 bits per heavy atom. The van der Waals surface area contributed by atoms with E-state index in [1.807, 2.05) is 23.1 Å². The molecule has 1 saturated heterocycles. The van der Waals surface area contributed by atoms with Gasteiger partial charge in [0.15, 0.2) is 0 Å². The van der Waals surface area contributed by atoms with Crippen LogP contribution < -0.4 is 5.32 Å². The van der Waals surface area contributed by atoms with Crippen LogP contribution in [0.4, 0.5) is 5.69 Å². The van der Waals surface area contributed by atoms with Crippen LogP contribution in [0.1, 0.15) is 35.7 Å². The molecule has 4 heteroatoms. The number of fused-ring (bicyclic) bond motifs is 1. The van der Waals surface area contributed by atoms with Crippen molar-refractivity contribution >= 4 is 17.5 Å². The lowest BCUT2D eigenvalue weighted by Gasteiger charge is -2.16. The predicted molar refractivity (Wildman–Crippen MR) is 73.1 cm³/mol. The number of anilines is 1. The van der Waals surface area contributed by atoms with Gasteiger partial charge in [-0.05, 0) is 36.1 Å². The summed E-state index contributed by atoms with van der Waals surface area (Å²) in [5.41, 5.74) is 2.48. The van der Waals surface area contributed by atoms with Crippen LogP contribution in [0.3, 0.4) is 0 Å². The molecule has 2 aliphatic rings. The topological polar surface area (TPSA) is 49.4 Å². The summed E-state index contributed by atoms with van der Waals surface area (Å²) in [5, 5.41) is 2.79. The Morgan fingerprint density at radius 1 is 1.47 bits per heavy atom. The van der Waals surface area contributed by atoms with E-state index in [1.165, 1.54) is 0 Å². The van der Waals surface area contributed by atoms with Crippen LogP contribution in [0.5, 0.6) is 0 Å². The lowest BCUT2D eigenvalue weighted by Crippen LogP contribution is -2.28. The van der Waals surface area contributed by atoms with Gasteiger partial charge < -0.3 is 10.2 Å². The van der Waals surface area contributed by atoms with E-state index in [9.17, 15) is 9.59 Å². The Morgan fingerprint density at radius 3 is 3.05 bits per heavy atom. The number of hydrogen-bond acceptors (Lipinski definition) is 2. The normalized spacial score (nSPS) is 21.4. The van der Waals surface area contributed by atoms with Gasteiger partial charge in [0, 0.05) is 24.3 Å². The second kappa shape index (κ2) is 4.68. The van der Waals surface area contributed by atoms with E-state index in [-0.39, 0.29) is 11.8 Å². The van der Waals surface area contributed by atoms with Gasteiger partial charge in [-0.3, -0.25) is 9.59 Å². The summed E-state index contributed by atoms with van der Waals surface area (Å²) in [7, 11) is 0. The summed E-state index contributed by atoms with van der Waals surface area (Å²) in [4.78, 5) is 25.7. The third-order valence-corrected chi connectivity index (χ3v) is 4.13. The predicted octanol–water partition coefficient (Wildman–Crippen LogP) is 2.05. The first-order valence-electron chi connectivity index (χ1n) is 6.89. The molecular formula is C15H18N2O2. The number of carbonyl (C=O) groups excluding carboxylic acids is 2. The quantitative estimate of drug-likeness (QED) is 0.882. The minimum Gasteiger partial charge on any atom is -0.338 e. The maximum Gasteiger partial charge on any atom is 0.253 e. The fourth-order valence-corrected chi connectivity index (χ4v) is 2.90. The molecule has 2 amide bonds. The molecule has 100 valence electrons. The number of carbonyl (C=O) groups is 2. The summed E-state index contributed by atoms with van der Waals surface area (Å²) in [5.74, 6) is 0.742. The summed E-state index contributed by atoms with van der Waals surface area (Å²) in [6.07, 6.45) is 2.62. The van der Waals surface area contributed by atoms with Crippen molar-refractivity contribution in [2.24, 2.45) is 5.92 Å². The van der Waals surface area contributed by atoms with Crippen LogP contribution in [0.2, 0.25) is 0 Å². The van der Waals surface area contributed by atoms with Gasteiger partial charge in [0.1, 0.15) is 0 Å². The SMILES string of the molecule is CCC1CCN(C(=O)c2ccc3c(c2)CC(=O)N3)C1. The molecule has 1 fully saturated rings. The molecule has 1 atom stereocenters. The van der Waals surface area contributed by atoms with Crippen molar-refractivity contribution in [2.75, 3.05) is 18.4 Å². The molecule has 2 heterocycles. The number of hydrogen-bond donors (Lipinski definition) is 1. The summed E-state index contributed by atoms with van der Waals surface area (Å²) in [6, 6.07) is 5.50. The highest BCUT2D eigenvalue weighted by Gasteiger charge is 2.27. The van der Waals surface area contributed by atoms with E-state index in [0.29, 0.717) is 17.9 Å². The van der Waals surface area contributed by atoms with Gasteiger partial charge in [-0.2, -0.15) is 0 Å². The highest BCUT2D eigenvalue weighted by molar-refractivity contribution is 6.01. The van der Waals surface area contributed by atoms with Crippen molar-refractivity contribution in [1.29, 1.82) is 0 Å². The molecule has 0 bridgehead atoms. The fraction of sp³-hybridized carbons (Fsp3) is 0.467. The van der Waals surface area contributed by atoms with E-state index in [4.69, 9.17) is 0 Å². The first-order chi connectivity index (χ1) is 9.17. The average Bonchev–Trinajstić information content (AvgIpc) is 3.01. The largest absolute Gasteiger partial charge is 0.338 e. The number of nitrogens with one attached hydrogen (secondary N) is 1. The number of amides is 2. The number of rotatable bonds is 2. The lowest BCUT2D eigenvalue weighted by atomic mass is 10.1. The Balaban J connectivity index is 1.78. The van der Waals surface area contributed by atoms with Gasteiger partial charge >= 0.3 is 0 Å². The molecule has 19 heavy (non-hydrogen) atoms. The van der Waals surface area contributed by atoms with Crippen molar-refractivity contribution < 1.29 is 9.59 Å². The van der Waals surface area contributed by atoms with E-state index in [0.717, 1.165) is 37.2 Å². The highest BCUT2D eigenvalue weighted by Crippen LogP contribution is 2.26. The number of likely N-dealkylation sites (tertiary alicyclic amines) is 1. The Labute approximate surface area is 112 Å². The van der Waals surface area contributed by atoms with Crippen LogP contribution in [0, 0.1) is 5.92 Å². The third-order valence-electron chi connectivity index (χ3n) is 4.13. The summed E-state index contributed by atoms with van der Waals surface area (Å²) in [6.45, 7) is 3.89. The third kappa shape index (κ3) is 2.23. The fourth-order valence-electron chi connectivity index (χ4n) is 2.90. The lowest BCUT2D eigenvalue weighted by molar-refractivity contribution is -0.115. The zero-order valence-corrected chi connectivity index (χ0v) is 11.1. The first-order valence-corrected chi connectivity index (χ1v) is 6.89. The Kier molecular flexibility index (Phi) is 3.01.